The van der Waals surface area contributed by atoms with E-state index >= 15 is 0 Å². The average molecular weight is 243 g/mol. The Labute approximate surface area is 102 Å². The fourth-order valence-corrected chi connectivity index (χ4v) is 1.92. The van der Waals surface area contributed by atoms with Crippen molar-refractivity contribution in [3.63, 3.8) is 0 Å². The van der Waals surface area contributed by atoms with E-state index in [1.165, 1.54) is 0 Å². The van der Waals surface area contributed by atoms with Gasteiger partial charge in [-0.2, -0.15) is 0 Å². The Morgan fingerprint density at radius 1 is 1.53 bits per heavy atom. The van der Waals surface area contributed by atoms with Gasteiger partial charge in [-0.1, -0.05) is 0 Å². The van der Waals surface area contributed by atoms with Crippen LogP contribution in [0.4, 0.5) is 4.79 Å². The molecule has 98 valence electrons. The molecular formula is C11H21N3O3. The van der Waals surface area contributed by atoms with Crippen LogP contribution in [0.5, 0.6) is 0 Å². The zero-order chi connectivity index (χ0) is 13.1. The molecular weight excluding hydrogens is 222 g/mol. The molecule has 1 aliphatic rings. The first-order valence-corrected chi connectivity index (χ1v) is 5.79. The number of hydrogen-bond acceptors (Lipinski definition) is 3. The minimum Gasteiger partial charge on any atom is -0.481 e. The zero-order valence-corrected chi connectivity index (χ0v) is 10.7. The molecule has 0 saturated carbocycles. The lowest BCUT2D eigenvalue weighted by Gasteiger charge is -2.25. The molecule has 2 amide bonds. The van der Waals surface area contributed by atoms with Crippen LogP contribution in [-0.2, 0) is 4.79 Å². The number of aliphatic carboxylic acids is 1. The Morgan fingerprint density at radius 3 is 2.65 bits per heavy atom. The SMILES string of the molecule is CNCCN(C)C(=O)N1CCC(C)(C(=O)O)C1. The van der Waals surface area contributed by atoms with Gasteiger partial charge < -0.3 is 20.2 Å². The number of carboxylic acid groups (broad SMARTS) is 1. The molecule has 0 bridgehead atoms. The molecule has 0 aromatic rings. The average Bonchev–Trinajstić information content (AvgIpc) is 2.69. The third kappa shape index (κ3) is 3.09. The summed E-state index contributed by atoms with van der Waals surface area (Å²) in [4.78, 5) is 26.3. The molecule has 6 nitrogen and oxygen atoms in total. The molecule has 1 unspecified atom stereocenters. The molecule has 1 aliphatic heterocycles. The summed E-state index contributed by atoms with van der Waals surface area (Å²) in [6.45, 7) is 3.86. The smallest absolute Gasteiger partial charge is 0.319 e. The second kappa shape index (κ2) is 5.35. The van der Waals surface area contributed by atoms with Crippen molar-refractivity contribution in [2.45, 2.75) is 13.3 Å². The summed E-state index contributed by atoms with van der Waals surface area (Å²) in [5.74, 6) is -0.828. The van der Waals surface area contributed by atoms with Crippen LogP contribution in [-0.4, -0.2) is 67.2 Å². The number of likely N-dealkylation sites (N-methyl/N-ethyl adjacent to an activating group) is 2. The molecule has 1 fully saturated rings. The summed E-state index contributed by atoms with van der Waals surface area (Å²) in [5, 5.41) is 12.1. The number of hydrogen-bond donors (Lipinski definition) is 2. The highest BCUT2D eigenvalue weighted by atomic mass is 16.4. The number of nitrogens with one attached hydrogen (secondary N) is 1. The van der Waals surface area contributed by atoms with Crippen LogP contribution in [0.2, 0.25) is 0 Å². The lowest BCUT2D eigenvalue weighted by Crippen LogP contribution is -2.43. The number of rotatable bonds is 4. The van der Waals surface area contributed by atoms with Crippen LogP contribution in [0.3, 0.4) is 0 Å². The van der Waals surface area contributed by atoms with Gasteiger partial charge >= 0.3 is 12.0 Å². The topological polar surface area (TPSA) is 72.9 Å². The summed E-state index contributed by atoms with van der Waals surface area (Å²) in [5.41, 5.74) is -0.792. The van der Waals surface area contributed by atoms with Gasteiger partial charge in [0.05, 0.1) is 5.41 Å². The minimum atomic E-state index is -0.828. The van der Waals surface area contributed by atoms with E-state index in [2.05, 4.69) is 5.32 Å². The summed E-state index contributed by atoms with van der Waals surface area (Å²) >= 11 is 0. The van der Waals surface area contributed by atoms with Gasteiger partial charge in [-0.05, 0) is 20.4 Å². The van der Waals surface area contributed by atoms with Crippen molar-refractivity contribution < 1.29 is 14.7 Å². The lowest BCUT2D eigenvalue weighted by molar-refractivity contribution is -0.147. The lowest BCUT2D eigenvalue weighted by atomic mass is 9.90. The normalized spacial score (nSPS) is 23.8. The van der Waals surface area contributed by atoms with Crippen molar-refractivity contribution in [1.82, 2.24) is 15.1 Å². The molecule has 2 N–H and O–H groups in total. The van der Waals surface area contributed by atoms with Crippen LogP contribution in [0, 0.1) is 5.41 Å². The van der Waals surface area contributed by atoms with Gasteiger partial charge in [0.1, 0.15) is 0 Å². The second-order valence-electron chi connectivity index (χ2n) is 4.85. The van der Waals surface area contributed by atoms with Gasteiger partial charge in [-0.3, -0.25) is 4.79 Å². The molecule has 1 saturated heterocycles. The molecule has 1 heterocycles. The second-order valence-corrected chi connectivity index (χ2v) is 4.85. The first-order chi connectivity index (χ1) is 7.90. The molecule has 6 heteroatoms. The standard InChI is InChI=1S/C11H21N3O3/c1-11(9(15)16)4-6-14(8-11)10(17)13(3)7-5-12-2/h12H,4-8H2,1-3H3,(H,15,16). The number of urea groups is 1. The van der Waals surface area contributed by atoms with Crippen molar-refractivity contribution in [2.75, 3.05) is 40.3 Å². The van der Waals surface area contributed by atoms with Crippen molar-refractivity contribution in [3.05, 3.63) is 0 Å². The molecule has 1 rings (SSSR count). The molecule has 1 atom stereocenters. The Morgan fingerprint density at radius 2 is 2.18 bits per heavy atom. The quantitative estimate of drug-likeness (QED) is 0.732. The number of likely N-dealkylation sites (tertiary alicyclic amines) is 1. The van der Waals surface area contributed by atoms with Gasteiger partial charge in [0.2, 0.25) is 0 Å². The third-order valence-electron chi connectivity index (χ3n) is 3.28. The molecule has 0 radical (unpaired) electrons. The van der Waals surface area contributed by atoms with E-state index in [0.29, 0.717) is 26.1 Å². The molecule has 0 spiro atoms. The highest BCUT2D eigenvalue weighted by Gasteiger charge is 2.42. The summed E-state index contributed by atoms with van der Waals surface area (Å²) in [7, 11) is 3.56. The van der Waals surface area contributed by atoms with E-state index < -0.39 is 11.4 Å². The van der Waals surface area contributed by atoms with Crippen LogP contribution in [0.25, 0.3) is 0 Å². The largest absolute Gasteiger partial charge is 0.481 e. The van der Waals surface area contributed by atoms with E-state index in [4.69, 9.17) is 5.11 Å². The van der Waals surface area contributed by atoms with Crippen LogP contribution >= 0.6 is 0 Å². The van der Waals surface area contributed by atoms with E-state index in [0.717, 1.165) is 6.54 Å². The summed E-state index contributed by atoms with van der Waals surface area (Å²) in [6, 6.07) is -0.0924. The maximum absolute atomic E-state index is 12.0. The van der Waals surface area contributed by atoms with Crippen molar-refractivity contribution >= 4 is 12.0 Å². The minimum absolute atomic E-state index is 0.0924. The van der Waals surface area contributed by atoms with E-state index in [9.17, 15) is 9.59 Å². The van der Waals surface area contributed by atoms with Crippen molar-refractivity contribution in [1.29, 1.82) is 0 Å². The summed E-state index contributed by atoms with van der Waals surface area (Å²) in [6.07, 6.45) is 0.522. The Balaban J connectivity index is 2.53. The zero-order valence-electron chi connectivity index (χ0n) is 10.7. The van der Waals surface area contributed by atoms with E-state index in [-0.39, 0.29) is 6.03 Å². The molecule has 0 aliphatic carbocycles. The van der Waals surface area contributed by atoms with Crippen LogP contribution < -0.4 is 5.32 Å². The maximum atomic E-state index is 12.0. The number of carbonyl (C=O) groups is 2. The predicted molar refractivity (Wildman–Crippen MR) is 63.9 cm³/mol. The number of carboxylic acids is 1. The summed E-state index contributed by atoms with van der Waals surface area (Å²) < 4.78 is 0. The van der Waals surface area contributed by atoms with Crippen molar-refractivity contribution in [2.24, 2.45) is 5.41 Å². The maximum Gasteiger partial charge on any atom is 0.319 e. The fourth-order valence-electron chi connectivity index (χ4n) is 1.92. The van der Waals surface area contributed by atoms with Gasteiger partial charge in [0.15, 0.2) is 0 Å². The van der Waals surface area contributed by atoms with Crippen LogP contribution in [0.15, 0.2) is 0 Å². The highest BCUT2D eigenvalue weighted by molar-refractivity contribution is 5.79. The molecule has 0 aromatic heterocycles. The Kier molecular flexibility index (Phi) is 4.34. The Bertz CT molecular complexity index is 308. The Hall–Kier alpha value is -1.30. The highest BCUT2D eigenvalue weighted by Crippen LogP contribution is 2.30. The van der Waals surface area contributed by atoms with E-state index in [1.807, 2.05) is 7.05 Å². The van der Waals surface area contributed by atoms with Gasteiger partial charge in [-0.25, -0.2) is 4.79 Å². The number of carbonyl (C=O) groups excluding carboxylic acids is 1. The molecule has 17 heavy (non-hydrogen) atoms. The first kappa shape index (κ1) is 13.8. The first-order valence-electron chi connectivity index (χ1n) is 5.79. The third-order valence-corrected chi connectivity index (χ3v) is 3.28. The van der Waals surface area contributed by atoms with Crippen LogP contribution in [0.1, 0.15) is 13.3 Å². The molecule has 0 aromatic carbocycles. The fraction of sp³-hybridized carbons (Fsp3) is 0.818. The van der Waals surface area contributed by atoms with E-state index in [1.54, 1.807) is 23.8 Å². The predicted octanol–water partition coefficient (Wildman–Crippen LogP) is 0.0542. The van der Waals surface area contributed by atoms with Crippen molar-refractivity contribution in [3.8, 4) is 0 Å². The monoisotopic (exact) mass is 243 g/mol. The number of amides is 2. The number of nitrogens with zero attached hydrogens (tertiary/aromatic N) is 2. The van der Waals surface area contributed by atoms with Gasteiger partial charge in [0, 0.05) is 33.2 Å². The van der Waals surface area contributed by atoms with Gasteiger partial charge in [0.25, 0.3) is 0 Å². The van der Waals surface area contributed by atoms with Gasteiger partial charge in [-0.15, -0.1) is 0 Å².